The Morgan fingerprint density at radius 1 is 1.19 bits per heavy atom. The number of allylic oxidation sites excluding steroid dienone is 2. The molecule has 5 rings (SSSR count). The number of aliphatic hydroxyl groups is 1. The second-order valence-corrected chi connectivity index (χ2v) is 14.7. The molecule has 0 saturated carbocycles. The number of phosphoric ester groups is 1. The number of imidazole rings is 1. The minimum atomic E-state index is -5.47. The van der Waals surface area contributed by atoms with Crippen LogP contribution in [0.2, 0.25) is 0 Å². The van der Waals surface area contributed by atoms with Crippen molar-refractivity contribution in [2.24, 2.45) is 4.99 Å². The predicted molar refractivity (Wildman–Crippen MR) is 184 cm³/mol. The molecule has 5 atom stereocenters. The molecule has 2 aliphatic rings. The molecule has 0 aliphatic carbocycles. The Balaban J connectivity index is 1.15. The smallest absolute Gasteiger partial charge is 0.439 e. The van der Waals surface area contributed by atoms with Crippen LogP contribution in [-0.2, 0) is 32.2 Å². The third-order valence-electron chi connectivity index (χ3n) is 7.88. The van der Waals surface area contributed by atoms with E-state index in [0.717, 1.165) is 15.4 Å². The molecule has 1 unspecified atom stereocenters. The van der Waals surface area contributed by atoms with E-state index in [2.05, 4.69) is 39.4 Å². The second kappa shape index (κ2) is 16.4. The van der Waals surface area contributed by atoms with Gasteiger partial charge in [-0.15, -0.1) is 0 Å². The molecule has 9 N–H and O–H groups in total. The first-order chi connectivity index (χ1) is 25.3. The van der Waals surface area contributed by atoms with Gasteiger partial charge in [0.05, 0.1) is 18.6 Å². The van der Waals surface area contributed by atoms with Crippen LogP contribution in [-0.4, -0.2) is 107 Å². The molecule has 5 heterocycles. The summed E-state index contributed by atoms with van der Waals surface area (Å²) in [5.74, 6) is -0.712. The van der Waals surface area contributed by atoms with Gasteiger partial charge >= 0.3 is 29.1 Å². The van der Waals surface area contributed by atoms with Crippen LogP contribution in [0.1, 0.15) is 36.0 Å². The van der Waals surface area contributed by atoms with Crippen LogP contribution in [0.3, 0.4) is 0 Å². The quantitative estimate of drug-likeness (QED) is 0.0586. The van der Waals surface area contributed by atoms with Crippen molar-refractivity contribution in [1.82, 2.24) is 34.6 Å². The van der Waals surface area contributed by atoms with Gasteiger partial charge in [0.15, 0.2) is 23.5 Å². The Hall–Kier alpha value is -4.58. The van der Waals surface area contributed by atoms with E-state index in [-0.39, 0.29) is 43.0 Å². The van der Waals surface area contributed by atoms with E-state index in [0.29, 0.717) is 28.4 Å². The zero-order valence-electron chi connectivity index (χ0n) is 28.2. The monoisotopic (exact) mass is 803 g/mol. The number of aromatic nitrogens is 5. The lowest BCUT2D eigenvalue weighted by atomic mass is 10.1. The molecular weight excluding hydrogens is 769 g/mol. The molecule has 2 aliphatic heterocycles. The van der Waals surface area contributed by atoms with Gasteiger partial charge in [0.2, 0.25) is 11.9 Å². The number of halogens is 2. The largest absolute Gasteiger partial charge is 0.677 e. The van der Waals surface area contributed by atoms with Crippen molar-refractivity contribution >= 4 is 63.9 Å². The molecule has 2 amide bonds. The lowest BCUT2D eigenvalue weighted by molar-refractivity contribution is -0.120. The predicted octanol–water partition coefficient (Wildman–Crippen LogP) is 0.420. The average Bonchev–Trinajstić information content (AvgIpc) is 3.82. The van der Waals surface area contributed by atoms with Crippen LogP contribution in [0.4, 0.5) is 19.4 Å². The maximum Gasteiger partial charge on any atom is 0.677 e. The molecule has 3 aromatic heterocycles. The molecule has 1 fully saturated rings. The summed E-state index contributed by atoms with van der Waals surface area (Å²) in [6.07, 6.45) is -1.50. The van der Waals surface area contributed by atoms with Gasteiger partial charge in [0, 0.05) is 36.6 Å². The number of fused-ring (bicyclic) bond motifs is 1. The van der Waals surface area contributed by atoms with Gasteiger partial charge in [-0.25, -0.2) is 18.9 Å². The van der Waals surface area contributed by atoms with Crippen molar-refractivity contribution in [1.29, 1.82) is 0 Å². The van der Waals surface area contributed by atoms with Crippen LogP contribution >= 0.6 is 15.6 Å². The normalized spacial score (nSPS) is 21.7. The van der Waals surface area contributed by atoms with Gasteiger partial charge in [0.25, 0.3) is 5.56 Å². The summed E-state index contributed by atoms with van der Waals surface area (Å²) in [5, 5.41) is 15.9. The highest BCUT2D eigenvalue weighted by Crippen LogP contribution is 2.57. The second-order valence-electron chi connectivity index (χ2n) is 11.8. The zero-order valence-corrected chi connectivity index (χ0v) is 30.0. The third kappa shape index (κ3) is 9.94. The molecule has 54 heavy (non-hydrogen) atoms. The van der Waals surface area contributed by atoms with Crippen LogP contribution in [0.15, 0.2) is 40.0 Å². The van der Waals surface area contributed by atoms with Gasteiger partial charge in [-0.3, -0.25) is 37.3 Å². The number of nitrogens with one attached hydrogen (secondary N) is 3. The zero-order chi connectivity index (χ0) is 39.5. The standard InChI is InChI=1S/C27H34BF2N9O13P2/c1-13-9-14(2)39(28(29)30)17(13)10-16-4-3-15(35-16)5-6-19(40)32-7-8-33-27(43)51-22-21(41)18(11-49-54(47,48)52-53(44,45)46)50-25(22)38-12-34-20-23(38)36-26(31)37-24(20)42/h3-4,9-10,12,18,21-22,25,41H,5-8,11H2,1-2H3,(H,32,40)(H,33,43)(H,47,48)(H2,44,45,46)(H3,31,36,37,42)/b16-10-/t18-,21-,22-,25-/m1/s1. The first-order valence-electron chi connectivity index (χ1n) is 15.8. The number of aryl methyl sites for hydroxylation is 2. The first-order valence-corrected chi connectivity index (χ1v) is 18.8. The van der Waals surface area contributed by atoms with E-state index in [1.807, 2.05) is 0 Å². The van der Waals surface area contributed by atoms with Crippen molar-refractivity contribution in [2.75, 3.05) is 25.4 Å². The van der Waals surface area contributed by atoms with Gasteiger partial charge < -0.3 is 50.1 Å². The highest BCUT2D eigenvalue weighted by atomic mass is 31.3. The summed E-state index contributed by atoms with van der Waals surface area (Å²) in [5.41, 5.74) is 6.94. The topological polar surface area (TPSA) is 317 Å². The fraction of sp³-hybridized carbons (Fsp3) is 0.407. The fourth-order valence-corrected chi connectivity index (χ4v) is 7.18. The number of aromatic amines is 1. The number of ether oxygens (including phenoxy) is 2. The van der Waals surface area contributed by atoms with E-state index < -0.39 is 71.8 Å². The molecule has 0 bridgehead atoms. The molecule has 27 heteroatoms. The number of carbonyl (C=O) groups excluding carboxylic acids is 2. The maximum absolute atomic E-state index is 13.5. The number of H-pyrrole nitrogens is 1. The van der Waals surface area contributed by atoms with Crippen molar-refractivity contribution in [3.05, 3.63) is 57.5 Å². The summed E-state index contributed by atoms with van der Waals surface area (Å²) in [7, 11) is -13.6. The number of amides is 2. The van der Waals surface area contributed by atoms with Crippen LogP contribution in [0.5, 0.6) is 0 Å². The molecule has 3 aromatic rings. The molecule has 22 nitrogen and oxygen atoms in total. The average molecular weight is 803 g/mol. The number of nitrogens with zero attached hydrogens (tertiary/aromatic N) is 5. The lowest BCUT2D eigenvalue weighted by Gasteiger charge is -2.22. The summed E-state index contributed by atoms with van der Waals surface area (Å²) >= 11 is 0. The Morgan fingerprint density at radius 2 is 1.91 bits per heavy atom. The summed E-state index contributed by atoms with van der Waals surface area (Å²) < 4.78 is 71.4. The van der Waals surface area contributed by atoms with Crippen molar-refractivity contribution in [3.8, 4) is 0 Å². The van der Waals surface area contributed by atoms with Crippen LogP contribution in [0, 0.1) is 13.8 Å². The van der Waals surface area contributed by atoms with E-state index in [1.54, 1.807) is 38.1 Å². The molecular formula is C27H34BF2N9O13P2. The number of hydrogen-bond acceptors (Lipinski definition) is 14. The molecule has 1 saturated heterocycles. The summed E-state index contributed by atoms with van der Waals surface area (Å²) in [6, 6.07) is 1.65. The Labute approximate surface area is 303 Å². The Kier molecular flexibility index (Phi) is 12.4. The Bertz CT molecular complexity index is 2170. The van der Waals surface area contributed by atoms with Crippen LogP contribution < -0.4 is 21.9 Å². The number of phosphoric acid groups is 2. The van der Waals surface area contributed by atoms with Crippen molar-refractivity contribution in [2.45, 2.75) is 51.2 Å². The van der Waals surface area contributed by atoms with Gasteiger partial charge in [-0.05, 0) is 50.1 Å². The van der Waals surface area contributed by atoms with Gasteiger partial charge in [0.1, 0.15) is 12.2 Å². The Morgan fingerprint density at radius 3 is 2.61 bits per heavy atom. The lowest BCUT2D eigenvalue weighted by Crippen LogP contribution is -2.41. The number of carbonyl (C=O) groups is 2. The number of nitrogen functional groups attached to an aromatic ring is 1. The number of alkyl carbamates (subject to hydrolysis) is 1. The molecule has 292 valence electrons. The van der Waals surface area contributed by atoms with Crippen molar-refractivity contribution < 1.29 is 65.4 Å². The highest BCUT2D eigenvalue weighted by molar-refractivity contribution is 7.60. The minimum Gasteiger partial charge on any atom is -0.439 e. The van der Waals surface area contributed by atoms with Gasteiger partial charge in [-0.1, -0.05) is 0 Å². The molecule has 0 radical (unpaired) electrons. The molecule has 0 spiro atoms. The number of aliphatic hydroxyl groups excluding tert-OH is 1. The van der Waals surface area contributed by atoms with Crippen molar-refractivity contribution in [3.63, 3.8) is 0 Å². The fourth-order valence-electron chi connectivity index (χ4n) is 5.58. The third-order valence-corrected chi connectivity index (χ3v) is 10.0. The minimum absolute atomic E-state index is 0.0173. The maximum atomic E-state index is 13.5. The number of nitrogens with two attached hydrogens (primary N) is 1. The number of hydrogen-bond donors (Lipinski definition) is 8. The van der Waals surface area contributed by atoms with Gasteiger partial charge in [-0.2, -0.15) is 9.29 Å². The SMILES string of the molecule is Cc1cc(C)n(B(F)F)c1/C=C1/C=CC(CCC(=O)NCCNC(=O)O[C@@H]2[C@H](O)[C@@H](COP(=O)(O)OP(=O)(O)O)O[C@H]2n2cnc3c(=O)[nH]c(N)nc32)=N1. The highest BCUT2D eigenvalue weighted by Gasteiger charge is 2.49. The van der Waals surface area contributed by atoms with Crippen LogP contribution in [0.25, 0.3) is 17.2 Å². The number of rotatable bonds is 15. The van der Waals surface area contributed by atoms with E-state index >= 15 is 0 Å². The molecule has 0 aromatic carbocycles. The first kappa shape index (κ1) is 40.6. The summed E-state index contributed by atoms with van der Waals surface area (Å²) in [4.78, 5) is 79.4. The van der Waals surface area contributed by atoms with E-state index in [9.17, 15) is 42.1 Å². The number of anilines is 1. The summed E-state index contributed by atoms with van der Waals surface area (Å²) in [6.45, 7) is 2.08. The van der Waals surface area contributed by atoms with E-state index in [1.165, 1.54) is 0 Å². The number of aliphatic imine (C=N–C) groups is 1. The van der Waals surface area contributed by atoms with E-state index in [4.69, 9.17) is 25.0 Å².